The summed E-state index contributed by atoms with van der Waals surface area (Å²) in [5.74, 6) is 0.699. The molecule has 0 radical (unpaired) electrons. The van der Waals surface area contributed by atoms with Crippen LogP contribution in [0.15, 0.2) is 6.07 Å². The number of anilines is 1. The summed E-state index contributed by atoms with van der Waals surface area (Å²) in [6.07, 6.45) is 0. The van der Waals surface area contributed by atoms with Gasteiger partial charge < -0.3 is 9.64 Å². The largest absolute Gasteiger partial charge is 0.378 e. The van der Waals surface area contributed by atoms with Gasteiger partial charge in [-0.25, -0.2) is 9.97 Å². The molecule has 1 saturated heterocycles. The zero-order chi connectivity index (χ0) is 9.97. The Kier molecular flexibility index (Phi) is 3.40. The van der Waals surface area contributed by atoms with Crippen LogP contribution in [0.4, 0.5) is 5.95 Å². The first-order valence-electron chi connectivity index (χ1n) is 4.28. The highest BCUT2D eigenvalue weighted by Gasteiger charge is 2.14. The zero-order valence-electron chi connectivity index (χ0n) is 7.41. The van der Waals surface area contributed by atoms with E-state index >= 15 is 0 Å². The number of morpholine rings is 1. The molecule has 2 heterocycles. The van der Waals surface area contributed by atoms with E-state index in [1.165, 1.54) is 0 Å². The van der Waals surface area contributed by atoms with Crippen molar-refractivity contribution in [2.75, 3.05) is 31.2 Å². The van der Waals surface area contributed by atoms with Crippen LogP contribution in [0.3, 0.4) is 0 Å². The van der Waals surface area contributed by atoms with Gasteiger partial charge in [0.2, 0.25) is 5.95 Å². The lowest BCUT2D eigenvalue weighted by molar-refractivity contribution is 0.122. The third-order valence-electron chi connectivity index (χ3n) is 1.95. The quantitative estimate of drug-likeness (QED) is 0.580. The van der Waals surface area contributed by atoms with Gasteiger partial charge in [-0.2, -0.15) is 0 Å². The van der Waals surface area contributed by atoms with Crippen molar-refractivity contribution < 1.29 is 4.74 Å². The number of rotatable bonds is 1. The molecule has 1 aliphatic rings. The number of aromatic nitrogens is 2. The lowest BCUT2D eigenvalue weighted by Gasteiger charge is -2.26. The molecule has 1 aromatic heterocycles. The van der Waals surface area contributed by atoms with Crippen molar-refractivity contribution in [2.45, 2.75) is 0 Å². The standard InChI is InChI=1S/C8H9ClIN3O/c9-6-5-7(10)12-8(11-6)13-1-3-14-4-2-13/h5H,1-4H2. The molecular weight excluding hydrogens is 316 g/mol. The molecule has 4 nitrogen and oxygen atoms in total. The molecule has 0 unspecified atom stereocenters. The molecule has 6 heteroatoms. The minimum absolute atomic E-state index is 0.492. The van der Waals surface area contributed by atoms with Crippen LogP contribution in [0.1, 0.15) is 0 Å². The van der Waals surface area contributed by atoms with E-state index in [0.717, 1.165) is 30.0 Å². The Balaban J connectivity index is 2.21. The van der Waals surface area contributed by atoms with Gasteiger partial charge in [-0.1, -0.05) is 11.6 Å². The van der Waals surface area contributed by atoms with Gasteiger partial charge in [0.25, 0.3) is 0 Å². The molecule has 0 atom stereocenters. The number of hydrogen-bond acceptors (Lipinski definition) is 4. The average Bonchev–Trinajstić information content (AvgIpc) is 2.18. The van der Waals surface area contributed by atoms with E-state index in [1.54, 1.807) is 6.07 Å². The van der Waals surface area contributed by atoms with E-state index in [2.05, 4.69) is 37.5 Å². The third kappa shape index (κ3) is 2.46. The third-order valence-corrected chi connectivity index (χ3v) is 2.69. The van der Waals surface area contributed by atoms with Crippen LogP contribution in [0.25, 0.3) is 0 Å². The van der Waals surface area contributed by atoms with Gasteiger partial charge in [0, 0.05) is 19.2 Å². The van der Waals surface area contributed by atoms with Crippen LogP contribution in [-0.4, -0.2) is 36.3 Å². The van der Waals surface area contributed by atoms with Crippen molar-refractivity contribution in [3.63, 3.8) is 0 Å². The second kappa shape index (κ2) is 4.59. The Morgan fingerprint density at radius 1 is 1.36 bits per heavy atom. The van der Waals surface area contributed by atoms with Crippen LogP contribution in [-0.2, 0) is 4.74 Å². The summed E-state index contributed by atoms with van der Waals surface area (Å²) < 4.78 is 6.11. The molecule has 1 aliphatic heterocycles. The van der Waals surface area contributed by atoms with Crippen LogP contribution in [0.2, 0.25) is 5.15 Å². The van der Waals surface area contributed by atoms with Gasteiger partial charge in [0.05, 0.1) is 13.2 Å². The maximum atomic E-state index is 5.86. The first kappa shape index (κ1) is 10.4. The molecule has 76 valence electrons. The molecule has 14 heavy (non-hydrogen) atoms. The number of nitrogens with zero attached hydrogens (tertiary/aromatic N) is 3. The molecule has 0 amide bonds. The van der Waals surface area contributed by atoms with Crippen molar-refractivity contribution >= 4 is 40.1 Å². The normalized spacial score (nSPS) is 17.1. The van der Waals surface area contributed by atoms with Crippen LogP contribution in [0.5, 0.6) is 0 Å². The lowest BCUT2D eigenvalue weighted by atomic mass is 10.4. The fourth-order valence-electron chi connectivity index (χ4n) is 1.28. The van der Waals surface area contributed by atoms with E-state index in [4.69, 9.17) is 16.3 Å². The Bertz CT molecular complexity index is 310. The molecule has 1 aromatic rings. The van der Waals surface area contributed by atoms with E-state index in [0.29, 0.717) is 11.1 Å². The monoisotopic (exact) mass is 325 g/mol. The second-order valence-corrected chi connectivity index (χ2v) is 4.41. The Morgan fingerprint density at radius 2 is 2.07 bits per heavy atom. The highest BCUT2D eigenvalue weighted by atomic mass is 127. The predicted octanol–water partition coefficient (Wildman–Crippen LogP) is 1.57. The summed E-state index contributed by atoms with van der Waals surface area (Å²) in [6, 6.07) is 1.74. The second-order valence-electron chi connectivity index (χ2n) is 2.91. The number of ether oxygens (including phenoxy) is 1. The molecule has 0 saturated carbocycles. The minimum Gasteiger partial charge on any atom is -0.378 e. The summed E-state index contributed by atoms with van der Waals surface area (Å²) in [4.78, 5) is 10.6. The minimum atomic E-state index is 0.492. The first-order chi connectivity index (χ1) is 6.75. The Morgan fingerprint density at radius 3 is 2.71 bits per heavy atom. The summed E-state index contributed by atoms with van der Waals surface area (Å²) in [6.45, 7) is 3.12. The van der Waals surface area contributed by atoms with Gasteiger partial charge in [-0.15, -0.1) is 0 Å². The van der Waals surface area contributed by atoms with E-state index in [-0.39, 0.29) is 0 Å². The first-order valence-corrected chi connectivity index (χ1v) is 5.74. The summed E-state index contributed by atoms with van der Waals surface area (Å²) in [7, 11) is 0. The highest BCUT2D eigenvalue weighted by molar-refractivity contribution is 14.1. The smallest absolute Gasteiger partial charge is 0.227 e. The van der Waals surface area contributed by atoms with Gasteiger partial charge in [-0.3, -0.25) is 0 Å². The van der Waals surface area contributed by atoms with Crippen molar-refractivity contribution in [2.24, 2.45) is 0 Å². The van der Waals surface area contributed by atoms with Crippen LogP contribution >= 0.6 is 34.2 Å². The molecule has 0 aromatic carbocycles. The Labute approximate surface area is 101 Å². The summed E-state index contributed by atoms with van der Waals surface area (Å²) >= 11 is 7.99. The van der Waals surface area contributed by atoms with Crippen molar-refractivity contribution in [1.29, 1.82) is 0 Å². The van der Waals surface area contributed by atoms with Gasteiger partial charge in [-0.05, 0) is 22.6 Å². The van der Waals surface area contributed by atoms with Crippen molar-refractivity contribution in [1.82, 2.24) is 9.97 Å². The van der Waals surface area contributed by atoms with Crippen LogP contribution in [0, 0.1) is 3.70 Å². The zero-order valence-corrected chi connectivity index (χ0v) is 10.3. The fraction of sp³-hybridized carbons (Fsp3) is 0.500. The molecule has 0 bridgehead atoms. The fourth-order valence-corrected chi connectivity index (χ4v) is 2.16. The maximum absolute atomic E-state index is 5.86. The lowest BCUT2D eigenvalue weighted by Crippen LogP contribution is -2.37. The van der Waals surface area contributed by atoms with Gasteiger partial charge in [0.15, 0.2) is 0 Å². The molecule has 0 spiro atoms. The van der Waals surface area contributed by atoms with Gasteiger partial charge in [0.1, 0.15) is 8.85 Å². The Hall–Kier alpha value is -0.140. The summed E-state index contributed by atoms with van der Waals surface area (Å²) in [5.41, 5.74) is 0. The molecule has 0 aliphatic carbocycles. The average molecular weight is 326 g/mol. The molecular formula is C8H9ClIN3O. The van der Waals surface area contributed by atoms with Crippen LogP contribution < -0.4 is 4.90 Å². The van der Waals surface area contributed by atoms with E-state index in [9.17, 15) is 0 Å². The predicted molar refractivity (Wildman–Crippen MR) is 62.8 cm³/mol. The van der Waals surface area contributed by atoms with Gasteiger partial charge >= 0.3 is 0 Å². The number of halogens is 2. The topological polar surface area (TPSA) is 38.2 Å². The molecule has 1 fully saturated rings. The molecule has 2 rings (SSSR count). The summed E-state index contributed by atoms with van der Waals surface area (Å²) in [5, 5.41) is 0.492. The SMILES string of the molecule is Clc1cc(I)nc(N2CCOCC2)n1. The van der Waals surface area contributed by atoms with Crippen molar-refractivity contribution in [3.05, 3.63) is 14.9 Å². The van der Waals surface area contributed by atoms with E-state index in [1.807, 2.05) is 0 Å². The molecule has 0 N–H and O–H groups in total. The number of hydrogen-bond donors (Lipinski definition) is 0. The van der Waals surface area contributed by atoms with Crippen molar-refractivity contribution in [3.8, 4) is 0 Å². The van der Waals surface area contributed by atoms with E-state index < -0.39 is 0 Å². The maximum Gasteiger partial charge on any atom is 0.227 e. The highest BCUT2D eigenvalue weighted by Crippen LogP contribution is 2.16.